The van der Waals surface area contributed by atoms with Crippen molar-refractivity contribution in [1.82, 2.24) is 14.5 Å². The standard InChI is InChI=1S/C22H29N3O5S/c1-17-6-7-18(31(27,28)25-10-13-29-14-11-25)15-19(17)22(26)23-16-20(21-5-4-12-30-21)24-8-2-3-9-24/h4-7,12,15,20H,2-3,8-11,13-14,16H2,1H3,(H,23,26)/t20-/m1/s1. The van der Waals surface area contributed by atoms with Gasteiger partial charge in [-0.1, -0.05) is 6.07 Å². The molecule has 1 N–H and O–H groups in total. The molecule has 2 aliphatic heterocycles. The number of amides is 1. The molecule has 0 radical (unpaired) electrons. The Kier molecular flexibility index (Phi) is 6.76. The number of nitrogens with zero attached hydrogens (tertiary/aromatic N) is 2. The molecule has 1 aromatic heterocycles. The maximum atomic E-state index is 13.0. The lowest BCUT2D eigenvalue weighted by Gasteiger charge is -2.27. The van der Waals surface area contributed by atoms with Crippen molar-refractivity contribution in [3.63, 3.8) is 0 Å². The van der Waals surface area contributed by atoms with Crippen molar-refractivity contribution in [1.29, 1.82) is 0 Å². The van der Waals surface area contributed by atoms with Crippen LogP contribution in [0.1, 0.15) is 40.6 Å². The van der Waals surface area contributed by atoms with Crippen LogP contribution in [0, 0.1) is 6.92 Å². The first kappa shape index (κ1) is 22.0. The Morgan fingerprint density at radius 1 is 1.13 bits per heavy atom. The molecule has 0 aliphatic carbocycles. The molecule has 168 valence electrons. The smallest absolute Gasteiger partial charge is 0.251 e. The van der Waals surface area contributed by atoms with Crippen LogP contribution in [-0.4, -0.2) is 69.5 Å². The van der Waals surface area contributed by atoms with Gasteiger partial charge in [-0.3, -0.25) is 9.69 Å². The minimum Gasteiger partial charge on any atom is -0.468 e. The van der Waals surface area contributed by atoms with Crippen molar-refractivity contribution >= 4 is 15.9 Å². The average Bonchev–Trinajstić information content (AvgIpc) is 3.50. The molecule has 2 saturated heterocycles. The number of rotatable bonds is 7. The SMILES string of the molecule is Cc1ccc(S(=O)(=O)N2CCOCC2)cc1C(=O)NC[C@H](c1ccco1)N1CCCC1. The lowest BCUT2D eigenvalue weighted by Crippen LogP contribution is -2.40. The maximum absolute atomic E-state index is 13.0. The summed E-state index contributed by atoms with van der Waals surface area (Å²) in [6.07, 6.45) is 3.90. The number of hydrogen-bond donors (Lipinski definition) is 1. The first-order chi connectivity index (χ1) is 15.0. The molecule has 4 rings (SSSR count). The van der Waals surface area contributed by atoms with E-state index in [4.69, 9.17) is 9.15 Å². The number of ether oxygens (including phenoxy) is 1. The van der Waals surface area contributed by atoms with Gasteiger partial charge in [-0.05, 0) is 62.7 Å². The highest BCUT2D eigenvalue weighted by Crippen LogP contribution is 2.25. The van der Waals surface area contributed by atoms with Gasteiger partial charge in [0.2, 0.25) is 10.0 Å². The van der Waals surface area contributed by atoms with E-state index >= 15 is 0 Å². The zero-order valence-electron chi connectivity index (χ0n) is 17.7. The maximum Gasteiger partial charge on any atom is 0.251 e. The van der Waals surface area contributed by atoms with Gasteiger partial charge in [-0.2, -0.15) is 4.31 Å². The third-order valence-electron chi connectivity index (χ3n) is 5.97. The Labute approximate surface area is 183 Å². The van der Waals surface area contributed by atoms with E-state index in [2.05, 4.69) is 10.2 Å². The number of furan rings is 1. The number of carbonyl (C=O) groups excluding carboxylic acids is 1. The van der Waals surface area contributed by atoms with Crippen LogP contribution in [-0.2, 0) is 14.8 Å². The Balaban J connectivity index is 1.51. The van der Waals surface area contributed by atoms with E-state index in [1.165, 1.54) is 10.4 Å². The molecular formula is C22H29N3O5S. The van der Waals surface area contributed by atoms with Crippen molar-refractivity contribution in [3.05, 3.63) is 53.5 Å². The predicted molar refractivity (Wildman–Crippen MR) is 115 cm³/mol. The third kappa shape index (κ3) is 4.85. The number of aryl methyl sites for hydroxylation is 1. The molecule has 0 spiro atoms. The van der Waals surface area contributed by atoms with Gasteiger partial charge < -0.3 is 14.5 Å². The monoisotopic (exact) mass is 447 g/mol. The van der Waals surface area contributed by atoms with E-state index in [0.29, 0.717) is 38.4 Å². The molecule has 2 aromatic rings. The summed E-state index contributed by atoms with van der Waals surface area (Å²) in [4.78, 5) is 15.5. The van der Waals surface area contributed by atoms with Crippen LogP contribution in [0.3, 0.4) is 0 Å². The summed E-state index contributed by atoms with van der Waals surface area (Å²) in [6.45, 7) is 5.53. The highest BCUT2D eigenvalue weighted by molar-refractivity contribution is 7.89. The first-order valence-corrected chi connectivity index (χ1v) is 12.1. The fourth-order valence-corrected chi connectivity index (χ4v) is 5.61. The van der Waals surface area contributed by atoms with Gasteiger partial charge in [-0.15, -0.1) is 0 Å². The van der Waals surface area contributed by atoms with Crippen LogP contribution in [0.5, 0.6) is 0 Å². The number of sulfonamides is 1. The molecule has 0 unspecified atom stereocenters. The minimum atomic E-state index is -3.66. The van der Waals surface area contributed by atoms with Crippen molar-refractivity contribution in [2.24, 2.45) is 0 Å². The quantitative estimate of drug-likeness (QED) is 0.700. The summed E-state index contributed by atoms with van der Waals surface area (Å²) in [5.74, 6) is 0.537. The Morgan fingerprint density at radius 2 is 1.87 bits per heavy atom. The van der Waals surface area contributed by atoms with E-state index in [-0.39, 0.29) is 16.8 Å². The van der Waals surface area contributed by atoms with Crippen molar-refractivity contribution < 1.29 is 22.4 Å². The Hall–Kier alpha value is -2.20. The topological polar surface area (TPSA) is 92.1 Å². The number of benzene rings is 1. The average molecular weight is 448 g/mol. The van der Waals surface area contributed by atoms with Crippen LogP contribution in [0.2, 0.25) is 0 Å². The zero-order valence-corrected chi connectivity index (χ0v) is 18.6. The molecule has 31 heavy (non-hydrogen) atoms. The largest absolute Gasteiger partial charge is 0.468 e. The van der Waals surface area contributed by atoms with Crippen LogP contribution in [0.25, 0.3) is 0 Å². The Morgan fingerprint density at radius 3 is 2.55 bits per heavy atom. The number of morpholine rings is 1. The van der Waals surface area contributed by atoms with E-state index in [0.717, 1.165) is 37.3 Å². The van der Waals surface area contributed by atoms with E-state index in [1.54, 1.807) is 18.4 Å². The molecule has 0 bridgehead atoms. The first-order valence-electron chi connectivity index (χ1n) is 10.7. The number of carbonyl (C=O) groups is 1. The second-order valence-electron chi connectivity index (χ2n) is 7.98. The molecule has 1 amide bonds. The van der Waals surface area contributed by atoms with Crippen LogP contribution in [0.4, 0.5) is 0 Å². The Bertz CT molecular complexity index is 994. The van der Waals surface area contributed by atoms with Gasteiger partial charge in [0.15, 0.2) is 0 Å². The van der Waals surface area contributed by atoms with Crippen molar-refractivity contribution in [2.45, 2.75) is 30.7 Å². The lowest BCUT2D eigenvalue weighted by molar-refractivity contribution is 0.0730. The van der Waals surface area contributed by atoms with Crippen molar-refractivity contribution in [3.8, 4) is 0 Å². The minimum absolute atomic E-state index is 0.0398. The summed E-state index contributed by atoms with van der Waals surface area (Å²) in [7, 11) is -3.66. The second-order valence-corrected chi connectivity index (χ2v) is 9.92. The van der Waals surface area contributed by atoms with Gasteiger partial charge in [0.05, 0.1) is 30.4 Å². The van der Waals surface area contributed by atoms with Crippen molar-refractivity contribution in [2.75, 3.05) is 45.9 Å². The summed E-state index contributed by atoms with van der Waals surface area (Å²) in [5, 5.41) is 2.99. The fraction of sp³-hybridized carbons (Fsp3) is 0.500. The highest BCUT2D eigenvalue weighted by Gasteiger charge is 2.29. The molecule has 8 nitrogen and oxygen atoms in total. The van der Waals surface area contributed by atoms with Crippen LogP contribution >= 0.6 is 0 Å². The van der Waals surface area contributed by atoms with Gasteiger partial charge in [0.1, 0.15) is 5.76 Å². The van der Waals surface area contributed by atoms with E-state index in [9.17, 15) is 13.2 Å². The lowest BCUT2D eigenvalue weighted by atomic mass is 10.1. The van der Waals surface area contributed by atoms with Gasteiger partial charge in [0.25, 0.3) is 5.91 Å². The van der Waals surface area contributed by atoms with Gasteiger partial charge >= 0.3 is 0 Å². The predicted octanol–water partition coefficient (Wildman–Crippen LogP) is 2.18. The second kappa shape index (κ2) is 9.52. The number of likely N-dealkylation sites (tertiary alicyclic amines) is 1. The van der Waals surface area contributed by atoms with Crippen LogP contribution < -0.4 is 5.32 Å². The molecule has 3 heterocycles. The summed E-state index contributed by atoms with van der Waals surface area (Å²) < 4.78 is 38.3. The molecule has 2 aliphatic rings. The van der Waals surface area contributed by atoms with E-state index < -0.39 is 10.0 Å². The number of hydrogen-bond acceptors (Lipinski definition) is 6. The molecule has 1 aromatic carbocycles. The molecule has 1 atom stereocenters. The fourth-order valence-electron chi connectivity index (χ4n) is 4.17. The zero-order chi connectivity index (χ0) is 21.8. The molecule has 9 heteroatoms. The molecule has 2 fully saturated rings. The third-order valence-corrected chi connectivity index (χ3v) is 7.87. The summed E-state index contributed by atoms with van der Waals surface area (Å²) >= 11 is 0. The summed E-state index contributed by atoms with van der Waals surface area (Å²) in [6, 6.07) is 8.47. The molecule has 0 saturated carbocycles. The van der Waals surface area contributed by atoms with Gasteiger partial charge in [-0.25, -0.2) is 8.42 Å². The van der Waals surface area contributed by atoms with Crippen LogP contribution in [0.15, 0.2) is 45.9 Å². The highest BCUT2D eigenvalue weighted by atomic mass is 32.2. The van der Waals surface area contributed by atoms with Gasteiger partial charge in [0, 0.05) is 25.2 Å². The normalized spacial score (nSPS) is 19.4. The summed E-state index contributed by atoms with van der Waals surface area (Å²) in [5.41, 5.74) is 1.10. The number of nitrogens with one attached hydrogen (secondary N) is 1. The molecular weight excluding hydrogens is 418 g/mol. The van der Waals surface area contributed by atoms with E-state index in [1.807, 2.05) is 19.1 Å².